The number of ether oxygens (including phenoxy) is 2. The number of rotatable bonds is 27. The normalized spacial score (nSPS) is 13.2. The van der Waals surface area contributed by atoms with Gasteiger partial charge in [-0.15, -0.1) is 0 Å². The van der Waals surface area contributed by atoms with Gasteiger partial charge in [0.1, 0.15) is 23.8 Å². The number of aromatic nitrogens is 4. The number of nitrogens with zero attached hydrogens (tertiary/aromatic N) is 4. The van der Waals surface area contributed by atoms with Crippen LogP contribution in [-0.4, -0.2) is 71.4 Å². The minimum atomic E-state index is -4.83. The summed E-state index contributed by atoms with van der Waals surface area (Å²) in [6.07, 6.45) is 19.0. The van der Waals surface area contributed by atoms with Crippen LogP contribution >= 0.6 is 15.4 Å². The minimum absolute atomic E-state index is 0.102. The monoisotopic (exact) mass is 665 g/mol. The Labute approximate surface area is 260 Å². The molecule has 0 radical (unpaired) electrons. The van der Waals surface area contributed by atoms with E-state index in [0.29, 0.717) is 36.4 Å². The highest BCUT2D eigenvalue weighted by atomic mass is 31.2. The molecule has 0 aliphatic rings. The number of fused-ring (bicyclic) bond motifs is 1. The van der Waals surface area contributed by atoms with Crippen LogP contribution in [0.1, 0.15) is 109 Å². The fourth-order valence-corrected chi connectivity index (χ4v) is 5.61. The van der Waals surface area contributed by atoms with E-state index in [2.05, 4.69) is 26.4 Å². The summed E-state index contributed by atoms with van der Waals surface area (Å²) in [4.78, 5) is 49.4. The Kier molecular flexibility index (Phi) is 18.8. The molecule has 2 aromatic rings. The number of phosphoric acid groups is 1. The first-order valence-corrected chi connectivity index (χ1v) is 19.2. The van der Waals surface area contributed by atoms with Crippen LogP contribution in [0.3, 0.4) is 0 Å². The molecule has 14 nitrogen and oxygen atoms in total. The van der Waals surface area contributed by atoms with Crippen molar-refractivity contribution in [3.05, 3.63) is 12.2 Å². The number of anilines is 1. The van der Waals surface area contributed by atoms with Crippen molar-refractivity contribution in [1.29, 1.82) is 0 Å². The van der Waals surface area contributed by atoms with Gasteiger partial charge in [0, 0.05) is 19.6 Å². The maximum Gasteiger partial charge on any atom is 0.469 e. The van der Waals surface area contributed by atoms with Crippen molar-refractivity contribution in [3.8, 4) is 0 Å². The highest BCUT2D eigenvalue weighted by Crippen LogP contribution is 2.37. The lowest BCUT2D eigenvalue weighted by atomic mass is 10.0. The van der Waals surface area contributed by atoms with Gasteiger partial charge in [0.15, 0.2) is 11.5 Å². The quantitative estimate of drug-likeness (QED) is 0.0592. The molecule has 2 rings (SSSR count). The van der Waals surface area contributed by atoms with Crippen LogP contribution in [0.4, 0.5) is 5.82 Å². The highest BCUT2D eigenvalue weighted by Gasteiger charge is 2.24. The van der Waals surface area contributed by atoms with Crippen molar-refractivity contribution in [2.24, 2.45) is 0 Å². The second-order valence-electron chi connectivity index (χ2n) is 11.3. The zero-order valence-electron chi connectivity index (χ0n) is 26.1. The lowest BCUT2D eigenvalue weighted by molar-refractivity contribution is 0.0189. The van der Waals surface area contributed by atoms with Crippen LogP contribution in [0.15, 0.2) is 6.33 Å². The van der Waals surface area contributed by atoms with Gasteiger partial charge in [0.2, 0.25) is 0 Å². The molecule has 0 amide bonds. The second kappa shape index (κ2) is 21.3. The molecule has 2 heterocycles. The Morgan fingerprint density at radius 2 is 1.41 bits per heavy atom. The SMILES string of the molecule is CCCCCCCCCCCCCCCCOCCCc1nc(N)c2ncn(C[C@@H](COP(=O)(O)O)OCP(=O)(O)O)c2n1. The predicted molar refractivity (Wildman–Crippen MR) is 169 cm³/mol. The first kappa shape index (κ1) is 38.7. The summed E-state index contributed by atoms with van der Waals surface area (Å²) in [5.41, 5.74) is 6.77. The van der Waals surface area contributed by atoms with Gasteiger partial charge in [-0.3, -0.25) is 9.09 Å². The molecule has 2 aromatic heterocycles. The number of nitrogens with two attached hydrogens (primary N) is 1. The third-order valence-corrected chi connectivity index (χ3v) is 8.15. The summed E-state index contributed by atoms with van der Waals surface area (Å²) in [7, 11) is -9.36. The van der Waals surface area contributed by atoms with Gasteiger partial charge in [-0.05, 0) is 12.8 Å². The number of imidazole rings is 1. The van der Waals surface area contributed by atoms with E-state index in [-0.39, 0.29) is 12.4 Å². The zero-order valence-corrected chi connectivity index (χ0v) is 27.9. The van der Waals surface area contributed by atoms with Gasteiger partial charge in [-0.1, -0.05) is 90.4 Å². The van der Waals surface area contributed by atoms with Crippen molar-refractivity contribution in [2.75, 3.05) is 31.9 Å². The Bertz CT molecular complexity index is 1130. The fourth-order valence-electron chi connectivity index (χ4n) is 4.85. The summed E-state index contributed by atoms with van der Waals surface area (Å²) in [5, 5.41) is 0. The number of phosphoric ester groups is 1. The van der Waals surface area contributed by atoms with Crippen molar-refractivity contribution < 1.29 is 42.7 Å². The van der Waals surface area contributed by atoms with E-state index >= 15 is 0 Å². The van der Waals surface area contributed by atoms with Crippen LogP contribution in [0, 0.1) is 0 Å². The maximum absolute atomic E-state index is 11.3. The van der Waals surface area contributed by atoms with Crippen molar-refractivity contribution >= 4 is 32.4 Å². The van der Waals surface area contributed by atoms with Crippen LogP contribution in [0.5, 0.6) is 0 Å². The molecular weight excluding hydrogens is 612 g/mol. The second-order valence-corrected chi connectivity index (χ2v) is 14.1. The summed E-state index contributed by atoms with van der Waals surface area (Å²) in [6.45, 7) is 2.83. The molecule has 0 aromatic carbocycles. The molecular formula is C28H53N5O9P2. The Morgan fingerprint density at radius 1 is 0.841 bits per heavy atom. The lowest BCUT2D eigenvalue weighted by Crippen LogP contribution is -2.26. The number of unbranched alkanes of at least 4 members (excludes halogenated alkanes) is 13. The Balaban J connectivity index is 1.66. The number of hydrogen-bond donors (Lipinski definition) is 5. The molecule has 0 saturated carbocycles. The van der Waals surface area contributed by atoms with Crippen LogP contribution < -0.4 is 5.73 Å². The minimum Gasteiger partial charge on any atom is -0.382 e. The van der Waals surface area contributed by atoms with E-state index in [0.717, 1.165) is 13.0 Å². The van der Waals surface area contributed by atoms with Crippen molar-refractivity contribution in [1.82, 2.24) is 19.5 Å². The molecule has 0 fully saturated rings. The molecule has 0 spiro atoms. The highest BCUT2D eigenvalue weighted by molar-refractivity contribution is 7.51. The molecule has 6 N–H and O–H groups in total. The summed E-state index contributed by atoms with van der Waals surface area (Å²) in [6, 6.07) is 0. The number of aryl methyl sites for hydroxylation is 1. The largest absolute Gasteiger partial charge is 0.469 e. The molecule has 44 heavy (non-hydrogen) atoms. The molecule has 1 atom stereocenters. The van der Waals surface area contributed by atoms with E-state index in [1.165, 1.54) is 94.4 Å². The molecule has 0 unspecified atom stereocenters. The molecule has 0 saturated heterocycles. The third kappa shape index (κ3) is 17.9. The van der Waals surface area contributed by atoms with Crippen molar-refractivity contribution in [2.45, 2.75) is 122 Å². The van der Waals surface area contributed by atoms with Gasteiger partial charge >= 0.3 is 15.4 Å². The summed E-state index contributed by atoms with van der Waals surface area (Å²) < 4.78 is 39.4. The first-order chi connectivity index (χ1) is 21.0. The first-order valence-electron chi connectivity index (χ1n) is 15.9. The van der Waals surface area contributed by atoms with Gasteiger partial charge in [0.05, 0.1) is 19.5 Å². The fraction of sp³-hybridized carbons (Fsp3) is 0.821. The Morgan fingerprint density at radius 3 is 1.98 bits per heavy atom. The molecule has 254 valence electrons. The van der Waals surface area contributed by atoms with Crippen LogP contribution in [0.2, 0.25) is 0 Å². The molecule has 0 bridgehead atoms. The van der Waals surface area contributed by atoms with Gasteiger partial charge in [0.25, 0.3) is 0 Å². The molecule has 16 heteroatoms. The number of hydrogen-bond acceptors (Lipinski definition) is 9. The summed E-state index contributed by atoms with van der Waals surface area (Å²) in [5.74, 6) is 0.655. The van der Waals surface area contributed by atoms with Gasteiger partial charge in [-0.25, -0.2) is 19.5 Å². The van der Waals surface area contributed by atoms with Crippen LogP contribution in [0.25, 0.3) is 11.2 Å². The smallest absolute Gasteiger partial charge is 0.382 e. The van der Waals surface area contributed by atoms with E-state index in [1.54, 1.807) is 0 Å². The van der Waals surface area contributed by atoms with E-state index < -0.39 is 34.5 Å². The van der Waals surface area contributed by atoms with Crippen LogP contribution in [-0.2, 0) is 36.1 Å². The Hall–Kier alpha value is -1.47. The summed E-state index contributed by atoms with van der Waals surface area (Å²) >= 11 is 0. The van der Waals surface area contributed by atoms with E-state index in [4.69, 9.17) is 34.8 Å². The maximum atomic E-state index is 11.3. The standard InChI is InChI=1S/C28H53N5O9P2/c1-2-3-4-5-6-7-8-9-10-11-12-13-14-15-18-40-19-16-17-25-31-27(29)26-28(32-25)33(22-30-26)20-24(21-42-44(37,38)39)41-23-43(34,35)36/h22,24H,2-21,23H2,1H3,(H2,29,31,32)(H2,34,35,36)(H2,37,38,39)/t24-/m0/s1. The lowest BCUT2D eigenvalue weighted by Gasteiger charge is -2.19. The van der Waals surface area contributed by atoms with Gasteiger partial charge < -0.3 is 39.3 Å². The predicted octanol–water partition coefficient (Wildman–Crippen LogP) is 5.47. The molecule has 0 aliphatic carbocycles. The number of nitrogen functional groups attached to an aromatic ring is 1. The third-order valence-electron chi connectivity index (χ3n) is 7.18. The average molecular weight is 666 g/mol. The molecule has 0 aliphatic heterocycles. The van der Waals surface area contributed by atoms with E-state index in [1.807, 2.05) is 0 Å². The topological polar surface area (TPSA) is 212 Å². The van der Waals surface area contributed by atoms with E-state index in [9.17, 15) is 9.13 Å². The zero-order chi connectivity index (χ0) is 32.3. The van der Waals surface area contributed by atoms with Gasteiger partial charge in [-0.2, -0.15) is 0 Å². The van der Waals surface area contributed by atoms with Crippen molar-refractivity contribution in [3.63, 3.8) is 0 Å². The average Bonchev–Trinajstić information content (AvgIpc) is 3.36.